The van der Waals surface area contributed by atoms with Gasteiger partial charge in [0, 0.05) is 0 Å². The van der Waals surface area contributed by atoms with Gasteiger partial charge in [-0.3, -0.25) is 4.79 Å². The monoisotopic (exact) mass is 176 g/mol. The minimum Gasteiger partial charge on any atom is -0.451 e. The number of hydrogen-bond donors (Lipinski definition) is 0. The predicted molar refractivity (Wildman–Crippen MR) is 44.9 cm³/mol. The highest BCUT2D eigenvalue weighted by atomic mass is 16.6. The van der Waals surface area contributed by atoms with E-state index in [1.807, 2.05) is 30.3 Å². The Bertz CT molecular complexity index is 326. The second-order valence-corrected chi connectivity index (χ2v) is 2.93. The lowest BCUT2D eigenvalue weighted by atomic mass is 10.1. The van der Waals surface area contributed by atoms with Crippen LogP contribution in [0.3, 0.4) is 0 Å². The summed E-state index contributed by atoms with van der Waals surface area (Å²) < 4.78 is 4.87. The maximum Gasteiger partial charge on any atom is 0.375 e. The average molecular weight is 176 g/mol. The van der Waals surface area contributed by atoms with Crippen molar-refractivity contribution in [3.8, 4) is 0 Å². The number of carbonyl (C=O) groups excluding carboxylic acids is 2. The van der Waals surface area contributed by atoms with Gasteiger partial charge in [-0.1, -0.05) is 30.3 Å². The van der Waals surface area contributed by atoms with Crippen molar-refractivity contribution in [2.75, 3.05) is 0 Å². The van der Waals surface area contributed by atoms with E-state index in [9.17, 15) is 9.59 Å². The number of rotatable bonds is 1. The summed E-state index contributed by atoms with van der Waals surface area (Å²) in [4.78, 5) is 21.7. The Morgan fingerprint density at radius 3 is 2.38 bits per heavy atom. The molecular formula is C10H8O3. The second kappa shape index (κ2) is 3.01. The molecule has 1 atom stereocenters. The third-order valence-corrected chi connectivity index (χ3v) is 2.02. The molecule has 0 saturated carbocycles. The molecule has 0 bridgehead atoms. The number of ketones is 1. The highest BCUT2D eigenvalue weighted by Gasteiger charge is 2.32. The molecule has 2 rings (SSSR count). The maximum absolute atomic E-state index is 10.9. The molecular weight excluding hydrogens is 168 g/mol. The Morgan fingerprint density at radius 1 is 1.15 bits per heavy atom. The summed E-state index contributed by atoms with van der Waals surface area (Å²) in [6, 6.07) is 9.27. The van der Waals surface area contributed by atoms with Gasteiger partial charge in [-0.2, -0.15) is 0 Å². The van der Waals surface area contributed by atoms with E-state index in [0.717, 1.165) is 5.56 Å². The Balaban J connectivity index is 2.21. The Kier molecular flexibility index (Phi) is 1.85. The van der Waals surface area contributed by atoms with E-state index in [1.165, 1.54) is 0 Å². The minimum absolute atomic E-state index is 0.169. The summed E-state index contributed by atoms with van der Waals surface area (Å²) in [5.41, 5.74) is 0.877. The lowest BCUT2D eigenvalue weighted by molar-refractivity contribution is -0.149. The Labute approximate surface area is 75.3 Å². The van der Waals surface area contributed by atoms with E-state index in [0.29, 0.717) is 0 Å². The molecule has 1 saturated heterocycles. The minimum atomic E-state index is -0.714. The Hall–Kier alpha value is -1.64. The number of ether oxygens (including phenoxy) is 1. The second-order valence-electron chi connectivity index (χ2n) is 2.93. The smallest absolute Gasteiger partial charge is 0.375 e. The van der Waals surface area contributed by atoms with E-state index < -0.39 is 11.8 Å². The zero-order valence-electron chi connectivity index (χ0n) is 6.90. The molecule has 1 aliphatic rings. The predicted octanol–water partition coefficient (Wildman–Crippen LogP) is 1.24. The largest absolute Gasteiger partial charge is 0.451 e. The molecule has 1 heterocycles. The van der Waals surface area contributed by atoms with Crippen molar-refractivity contribution in [2.45, 2.75) is 12.5 Å². The Morgan fingerprint density at radius 2 is 1.85 bits per heavy atom. The summed E-state index contributed by atoms with van der Waals surface area (Å²) in [7, 11) is 0. The topological polar surface area (TPSA) is 43.4 Å². The highest BCUT2D eigenvalue weighted by molar-refractivity contribution is 6.35. The number of carbonyl (C=O) groups is 2. The molecule has 1 aliphatic heterocycles. The van der Waals surface area contributed by atoms with Crippen LogP contribution < -0.4 is 0 Å². The molecule has 1 aromatic rings. The first kappa shape index (κ1) is 7.98. The molecule has 66 valence electrons. The summed E-state index contributed by atoms with van der Waals surface area (Å²) in [5.74, 6) is -1.15. The first-order valence-corrected chi connectivity index (χ1v) is 4.06. The number of Topliss-reactive ketones (excluding diaryl/α,β-unsaturated/α-hetero) is 1. The molecule has 1 fully saturated rings. The molecule has 0 N–H and O–H groups in total. The van der Waals surface area contributed by atoms with Crippen molar-refractivity contribution >= 4 is 11.8 Å². The van der Waals surface area contributed by atoms with E-state index in [4.69, 9.17) is 4.74 Å². The average Bonchev–Trinajstić information content (AvgIpc) is 2.49. The molecule has 0 spiro atoms. The van der Waals surface area contributed by atoms with Crippen LogP contribution in [-0.4, -0.2) is 11.8 Å². The van der Waals surface area contributed by atoms with Crippen LogP contribution in [0.1, 0.15) is 18.1 Å². The highest BCUT2D eigenvalue weighted by Crippen LogP contribution is 2.26. The van der Waals surface area contributed by atoms with Crippen LogP contribution in [0.15, 0.2) is 30.3 Å². The van der Waals surface area contributed by atoms with Gasteiger partial charge in [0.25, 0.3) is 0 Å². The first-order chi connectivity index (χ1) is 6.27. The number of hydrogen-bond acceptors (Lipinski definition) is 3. The van der Waals surface area contributed by atoms with Gasteiger partial charge < -0.3 is 4.74 Å². The molecule has 0 amide bonds. The van der Waals surface area contributed by atoms with Crippen molar-refractivity contribution in [3.63, 3.8) is 0 Å². The van der Waals surface area contributed by atoms with Crippen molar-refractivity contribution in [1.82, 2.24) is 0 Å². The molecule has 3 nitrogen and oxygen atoms in total. The summed E-state index contributed by atoms with van der Waals surface area (Å²) in [6.45, 7) is 0. The molecule has 1 aromatic carbocycles. The number of cyclic esters (lactones) is 1. The van der Waals surface area contributed by atoms with Crippen molar-refractivity contribution in [2.24, 2.45) is 0 Å². The van der Waals surface area contributed by atoms with Gasteiger partial charge in [-0.25, -0.2) is 4.79 Å². The maximum atomic E-state index is 10.9. The summed E-state index contributed by atoms with van der Waals surface area (Å²) in [5, 5.41) is 0. The van der Waals surface area contributed by atoms with Gasteiger partial charge in [0.05, 0.1) is 6.42 Å². The fourth-order valence-corrected chi connectivity index (χ4v) is 1.34. The number of esters is 1. The normalized spacial score (nSPS) is 21.7. The molecule has 13 heavy (non-hydrogen) atoms. The zero-order valence-corrected chi connectivity index (χ0v) is 6.90. The van der Waals surface area contributed by atoms with Gasteiger partial charge in [0.15, 0.2) is 0 Å². The summed E-state index contributed by atoms with van der Waals surface area (Å²) >= 11 is 0. The van der Waals surface area contributed by atoms with Crippen LogP contribution in [0.25, 0.3) is 0 Å². The van der Waals surface area contributed by atoms with Gasteiger partial charge in [-0.15, -0.1) is 0 Å². The SMILES string of the molecule is O=C1CC(c2ccccc2)OC1=O. The van der Waals surface area contributed by atoms with E-state index >= 15 is 0 Å². The quantitative estimate of drug-likeness (QED) is 0.477. The first-order valence-electron chi connectivity index (χ1n) is 4.06. The molecule has 3 heteroatoms. The van der Waals surface area contributed by atoms with E-state index in [1.54, 1.807) is 0 Å². The van der Waals surface area contributed by atoms with Crippen molar-refractivity contribution < 1.29 is 14.3 Å². The molecule has 0 radical (unpaired) electrons. The van der Waals surface area contributed by atoms with Gasteiger partial charge >= 0.3 is 5.97 Å². The number of benzene rings is 1. The van der Waals surface area contributed by atoms with Crippen LogP contribution in [0.4, 0.5) is 0 Å². The van der Waals surface area contributed by atoms with Crippen molar-refractivity contribution in [3.05, 3.63) is 35.9 Å². The lowest BCUT2D eigenvalue weighted by Crippen LogP contribution is -2.03. The van der Waals surface area contributed by atoms with Gasteiger partial charge in [0.2, 0.25) is 5.78 Å². The zero-order chi connectivity index (χ0) is 9.26. The molecule has 0 aromatic heterocycles. The van der Waals surface area contributed by atoms with E-state index in [2.05, 4.69) is 0 Å². The van der Waals surface area contributed by atoms with Gasteiger partial charge in [0.1, 0.15) is 6.10 Å². The van der Waals surface area contributed by atoms with Crippen LogP contribution in [0.5, 0.6) is 0 Å². The van der Waals surface area contributed by atoms with Crippen LogP contribution in [0, 0.1) is 0 Å². The van der Waals surface area contributed by atoms with Crippen LogP contribution in [0.2, 0.25) is 0 Å². The third-order valence-electron chi connectivity index (χ3n) is 2.02. The fourth-order valence-electron chi connectivity index (χ4n) is 1.34. The van der Waals surface area contributed by atoms with Crippen LogP contribution >= 0.6 is 0 Å². The van der Waals surface area contributed by atoms with Crippen molar-refractivity contribution in [1.29, 1.82) is 0 Å². The lowest BCUT2D eigenvalue weighted by Gasteiger charge is -2.06. The van der Waals surface area contributed by atoms with Crippen LogP contribution in [-0.2, 0) is 14.3 Å². The fraction of sp³-hybridized carbons (Fsp3) is 0.200. The molecule has 1 unspecified atom stereocenters. The third kappa shape index (κ3) is 1.45. The molecule has 0 aliphatic carbocycles. The summed E-state index contributed by atoms with van der Waals surface area (Å²) in [6.07, 6.45) is -0.204. The standard InChI is InChI=1S/C10H8O3/c11-8-6-9(13-10(8)12)7-4-2-1-3-5-7/h1-5,9H,6H2. The van der Waals surface area contributed by atoms with E-state index in [-0.39, 0.29) is 12.5 Å². The van der Waals surface area contributed by atoms with Gasteiger partial charge in [-0.05, 0) is 5.56 Å².